The van der Waals surface area contributed by atoms with Crippen molar-refractivity contribution in [2.75, 3.05) is 52.3 Å². The fraction of sp³-hybridized carbons (Fsp3) is 0.645. The van der Waals surface area contributed by atoms with Crippen molar-refractivity contribution < 1.29 is 43.1 Å². The van der Waals surface area contributed by atoms with Gasteiger partial charge in [0.25, 0.3) is 5.69 Å². The van der Waals surface area contributed by atoms with Crippen LogP contribution < -0.4 is 31.9 Å². The molecule has 2 aliphatic heterocycles. The van der Waals surface area contributed by atoms with Gasteiger partial charge in [0.2, 0.25) is 17.7 Å². The SMILES string of the molecule is CNC(=O)OC(C)c1cc(CNC(=O)CCC(=O)NCCOCCOCCNC(=O)CCCCC2SCC3NC(=O)NC32)ccc1[N+](=O)[O-]. The number of benzene rings is 1. The molecule has 0 bridgehead atoms. The summed E-state index contributed by atoms with van der Waals surface area (Å²) in [6.45, 7) is 3.55. The van der Waals surface area contributed by atoms with Crippen LogP contribution in [0, 0.1) is 10.1 Å². The fourth-order valence-corrected chi connectivity index (χ4v) is 6.85. The molecule has 4 unspecified atom stereocenters. The number of amides is 6. The molecule has 17 nitrogen and oxygen atoms in total. The molecule has 6 amide bonds. The zero-order valence-corrected chi connectivity index (χ0v) is 28.7. The highest BCUT2D eigenvalue weighted by Crippen LogP contribution is 2.33. The van der Waals surface area contributed by atoms with Gasteiger partial charge in [-0.05, 0) is 31.4 Å². The Hall–Kier alpha value is -4.16. The maximum absolute atomic E-state index is 12.3. The van der Waals surface area contributed by atoms with E-state index >= 15 is 0 Å². The molecule has 49 heavy (non-hydrogen) atoms. The summed E-state index contributed by atoms with van der Waals surface area (Å²) in [4.78, 5) is 70.2. The second kappa shape index (κ2) is 21.0. The molecule has 1 aromatic rings. The number of ether oxygens (including phenoxy) is 3. The third-order valence-electron chi connectivity index (χ3n) is 7.87. The van der Waals surface area contributed by atoms with Gasteiger partial charge in [0.15, 0.2) is 0 Å². The second-order valence-corrected chi connectivity index (χ2v) is 12.8. The number of nitrogens with zero attached hydrogens (tertiary/aromatic N) is 1. The van der Waals surface area contributed by atoms with Crippen molar-refractivity contribution in [2.45, 2.75) is 75.4 Å². The number of carbonyl (C=O) groups is 5. The average Bonchev–Trinajstić information content (AvgIpc) is 3.64. The Morgan fingerprint density at radius 1 is 0.959 bits per heavy atom. The van der Waals surface area contributed by atoms with E-state index in [0.717, 1.165) is 25.0 Å². The first-order valence-electron chi connectivity index (χ1n) is 16.4. The van der Waals surface area contributed by atoms with Crippen LogP contribution in [0.4, 0.5) is 15.3 Å². The number of alkyl carbamates (subject to hydrolysis) is 1. The number of urea groups is 1. The van der Waals surface area contributed by atoms with E-state index in [-0.39, 0.29) is 79.6 Å². The lowest BCUT2D eigenvalue weighted by Gasteiger charge is -2.16. The van der Waals surface area contributed by atoms with E-state index in [1.807, 2.05) is 11.8 Å². The van der Waals surface area contributed by atoms with Gasteiger partial charge in [0.05, 0.1) is 49.0 Å². The van der Waals surface area contributed by atoms with Crippen molar-refractivity contribution >= 4 is 47.3 Å². The van der Waals surface area contributed by atoms with Crippen molar-refractivity contribution in [3.8, 4) is 0 Å². The first-order chi connectivity index (χ1) is 23.6. The number of nitro benzene ring substituents is 1. The van der Waals surface area contributed by atoms with Crippen molar-refractivity contribution in [3.05, 3.63) is 39.4 Å². The van der Waals surface area contributed by atoms with Crippen LogP contribution in [0.5, 0.6) is 0 Å². The first-order valence-corrected chi connectivity index (χ1v) is 17.4. The van der Waals surface area contributed by atoms with Crippen LogP contribution in [-0.2, 0) is 35.1 Å². The standard InChI is InChI=1S/C31H47N7O10S/c1-20(48-31(43)32-2)22-17-21(7-8-24(22)38(44)45)18-35-28(41)10-9-27(40)34-12-14-47-16-15-46-13-11-33-26(39)6-4-3-5-25-29-23(19-49-25)36-30(42)37-29/h7-8,17,20,23,25,29H,3-6,9-16,18-19H2,1-2H3,(H,32,43)(H,33,39)(H,34,40)(H,35,41)(H2,36,37,42). The van der Waals surface area contributed by atoms with Gasteiger partial charge in [0.1, 0.15) is 6.10 Å². The van der Waals surface area contributed by atoms with Crippen LogP contribution in [-0.4, -0.2) is 104 Å². The molecule has 0 aliphatic carbocycles. The van der Waals surface area contributed by atoms with Gasteiger partial charge < -0.3 is 46.1 Å². The minimum atomic E-state index is -0.893. The highest BCUT2D eigenvalue weighted by molar-refractivity contribution is 8.00. The molecular weight excluding hydrogens is 662 g/mol. The van der Waals surface area contributed by atoms with E-state index in [9.17, 15) is 34.1 Å². The monoisotopic (exact) mass is 709 g/mol. The summed E-state index contributed by atoms with van der Waals surface area (Å²) in [5.41, 5.74) is 0.542. The maximum Gasteiger partial charge on any atom is 0.407 e. The Kier molecular flexibility index (Phi) is 16.9. The molecule has 6 N–H and O–H groups in total. The van der Waals surface area contributed by atoms with Crippen LogP contribution in [0.1, 0.15) is 62.7 Å². The summed E-state index contributed by atoms with van der Waals surface area (Å²) in [6.07, 6.45) is 1.45. The van der Waals surface area contributed by atoms with Crippen LogP contribution in [0.3, 0.4) is 0 Å². The molecule has 3 rings (SSSR count). The molecular formula is C31H47N7O10S. The van der Waals surface area contributed by atoms with Gasteiger partial charge in [-0.1, -0.05) is 12.5 Å². The van der Waals surface area contributed by atoms with Crippen LogP contribution >= 0.6 is 11.8 Å². The molecule has 2 aliphatic rings. The summed E-state index contributed by atoms with van der Waals surface area (Å²) in [7, 11) is 1.38. The highest BCUT2D eigenvalue weighted by atomic mass is 32.2. The molecule has 0 saturated carbocycles. The molecule has 0 aromatic heterocycles. The summed E-state index contributed by atoms with van der Waals surface area (Å²) >= 11 is 1.87. The Labute approximate surface area is 289 Å². The minimum Gasteiger partial charge on any atom is -0.441 e. The van der Waals surface area contributed by atoms with Crippen LogP contribution in [0.25, 0.3) is 0 Å². The molecule has 18 heteroatoms. The predicted octanol–water partition coefficient (Wildman–Crippen LogP) is 1.40. The quantitative estimate of drug-likeness (QED) is 0.0436. The highest BCUT2D eigenvalue weighted by Gasteiger charge is 2.42. The van der Waals surface area contributed by atoms with Crippen molar-refractivity contribution in [3.63, 3.8) is 0 Å². The van der Waals surface area contributed by atoms with E-state index in [1.165, 1.54) is 32.2 Å². The first kappa shape index (κ1) is 39.3. The van der Waals surface area contributed by atoms with Crippen LogP contribution in [0.2, 0.25) is 0 Å². The zero-order valence-electron chi connectivity index (χ0n) is 27.9. The van der Waals surface area contributed by atoms with E-state index in [0.29, 0.717) is 43.6 Å². The Bertz CT molecular complexity index is 1300. The number of thioether (sulfide) groups is 1. The number of unbranched alkanes of at least 4 members (excludes halogenated alkanes) is 1. The molecule has 2 saturated heterocycles. The summed E-state index contributed by atoms with van der Waals surface area (Å²) in [6, 6.07) is 4.59. The minimum absolute atomic E-state index is 0.0138. The van der Waals surface area contributed by atoms with Gasteiger partial charge in [-0.15, -0.1) is 0 Å². The van der Waals surface area contributed by atoms with Crippen molar-refractivity contribution in [1.82, 2.24) is 31.9 Å². The second-order valence-electron chi connectivity index (χ2n) is 11.5. The third-order valence-corrected chi connectivity index (χ3v) is 9.38. The Morgan fingerprint density at radius 2 is 1.61 bits per heavy atom. The lowest BCUT2D eigenvalue weighted by molar-refractivity contribution is -0.386. The number of nitrogens with one attached hydrogen (secondary N) is 6. The smallest absolute Gasteiger partial charge is 0.407 e. The lowest BCUT2D eigenvalue weighted by atomic mass is 10.0. The molecule has 4 atom stereocenters. The number of hydrogen-bond donors (Lipinski definition) is 6. The number of rotatable bonds is 22. The van der Waals surface area contributed by atoms with Gasteiger partial charge in [-0.25, -0.2) is 9.59 Å². The van der Waals surface area contributed by atoms with Gasteiger partial charge in [-0.2, -0.15) is 11.8 Å². The number of hydrogen-bond acceptors (Lipinski definition) is 11. The Morgan fingerprint density at radius 3 is 2.27 bits per heavy atom. The molecule has 0 spiro atoms. The molecule has 0 radical (unpaired) electrons. The van der Waals surface area contributed by atoms with Gasteiger partial charge in [0, 0.05) is 63.0 Å². The molecule has 1 aromatic carbocycles. The topological polar surface area (TPSA) is 228 Å². The summed E-state index contributed by atoms with van der Waals surface area (Å²) in [5, 5.41) is 28.2. The lowest BCUT2D eigenvalue weighted by Crippen LogP contribution is -2.36. The van der Waals surface area contributed by atoms with Gasteiger partial charge in [-0.3, -0.25) is 24.5 Å². The van der Waals surface area contributed by atoms with E-state index < -0.39 is 17.1 Å². The Balaban J connectivity index is 1.14. The summed E-state index contributed by atoms with van der Waals surface area (Å²) in [5.74, 6) is 0.235. The van der Waals surface area contributed by atoms with Crippen LogP contribution in [0.15, 0.2) is 18.2 Å². The molecule has 2 fully saturated rings. The fourth-order valence-electron chi connectivity index (χ4n) is 5.30. The predicted molar refractivity (Wildman–Crippen MR) is 180 cm³/mol. The number of carbonyl (C=O) groups excluding carboxylic acids is 5. The normalized spacial score (nSPS) is 18.4. The zero-order chi connectivity index (χ0) is 35.6. The van der Waals surface area contributed by atoms with Crippen molar-refractivity contribution in [1.29, 1.82) is 0 Å². The third kappa shape index (κ3) is 14.1. The maximum atomic E-state index is 12.3. The van der Waals surface area contributed by atoms with E-state index in [1.54, 1.807) is 0 Å². The molecule has 272 valence electrons. The average molecular weight is 710 g/mol. The summed E-state index contributed by atoms with van der Waals surface area (Å²) < 4.78 is 16.0. The van der Waals surface area contributed by atoms with E-state index in [4.69, 9.17) is 14.2 Å². The number of fused-ring (bicyclic) bond motifs is 1. The number of nitro groups is 1. The molecule has 2 heterocycles. The van der Waals surface area contributed by atoms with Gasteiger partial charge >= 0.3 is 12.1 Å². The largest absolute Gasteiger partial charge is 0.441 e. The van der Waals surface area contributed by atoms with Crippen molar-refractivity contribution in [2.24, 2.45) is 0 Å². The van der Waals surface area contributed by atoms with E-state index in [2.05, 4.69) is 31.9 Å².